The maximum Gasteiger partial charge on any atom is 0.339 e. The summed E-state index contributed by atoms with van der Waals surface area (Å²) in [6.07, 6.45) is 3.19. The summed E-state index contributed by atoms with van der Waals surface area (Å²) < 4.78 is 32.7. The molecule has 3 aliphatic rings. The highest BCUT2D eigenvalue weighted by Crippen LogP contribution is 2.55. The van der Waals surface area contributed by atoms with Crippen molar-refractivity contribution in [3.8, 4) is 5.75 Å². The predicted octanol–water partition coefficient (Wildman–Crippen LogP) is 8.38. The van der Waals surface area contributed by atoms with Crippen molar-refractivity contribution in [2.45, 2.75) is 84.5 Å². The smallest absolute Gasteiger partial charge is 0.339 e. The van der Waals surface area contributed by atoms with Gasteiger partial charge in [0.25, 0.3) is 0 Å². The average molecular weight is 720 g/mol. The van der Waals surface area contributed by atoms with Gasteiger partial charge in [0.05, 0.1) is 8.95 Å². The Morgan fingerprint density at radius 2 is 1.33 bits per heavy atom. The summed E-state index contributed by atoms with van der Waals surface area (Å²) in [5.41, 5.74) is 4.71. The van der Waals surface area contributed by atoms with Crippen molar-refractivity contribution in [2.75, 3.05) is 6.54 Å². The number of Topliss-reactive ketones (excluding diaryl/α,β-unsaturated/α-hetero) is 2. The number of allylic oxidation sites excluding steroid dienone is 4. The number of hydrogen-bond donors (Lipinski definition) is 0. The number of ketones is 2. The van der Waals surface area contributed by atoms with E-state index in [9.17, 15) is 18.0 Å². The van der Waals surface area contributed by atoms with E-state index in [0.717, 1.165) is 48.3 Å². The molecule has 1 aliphatic heterocycles. The molecule has 0 saturated heterocycles. The lowest BCUT2D eigenvalue weighted by atomic mass is 9.63. The number of benzene rings is 2. The molecule has 0 radical (unpaired) electrons. The van der Waals surface area contributed by atoms with Gasteiger partial charge in [0, 0.05) is 47.8 Å². The molecule has 0 saturated carbocycles. The zero-order valence-electron chi connectivity index (χ0n) is 24.9. The first kappa shape index (κ1) is 31.2. The van der Waals surface area contributed by atoms with Gasteiger partial charge in [-0.1, -0.05) is 52.3 Å². The number of halogens is 2. The Morgan fingerprint density at radius 1 is 0.857 bits per heavy atom. The molecule has 1 heterocycles. The molecule has 9 heteroatoms. The van der Waals surface area contributed by atoms with Crippen LogP contribution in [0.3, 0.4) is 0 Å². The van der Waals surface area contributed by atoms with Gasteiger partial charge in [-0.25, -0.2) is 0 Å². The van der Waals surface area contributed by atoms with Crippen LogP contribution in [0.5, 0.6) is 5.75 Å². The molecule has 0 bridgehead atoms. The molecule has 6 nitrogen and oxygen atoms in total. The van der Waals surface area contributed by atoms with E-state index in [1.54, 1.807) is 24.3 Å². The van der Waals surface area contributed by atoms with Crippen LogP contribution < -0.4 is 4.18 Å². The Morgan fingerprint density at radius 3 is 1.79 bits per heavy atom. The van der Waals surface area contributed by atoms with E-state index in [2.05, 4.69) is 71.4 Å². The number of carbonyl (C=O) groups excluding carboxylic acids is 2. The van der Waals surface area contributed by atoms with E-state index >= 15 is 0 Å². The van der Waals surface area contributed by atoms with E-state index < -0.39 is 16.0 Å². The molecule has 0 atom stereocenters. The predicted molar refractivity (Wildman–Crippen MR) is 171 cm³/mol. The monoisotopic (exact) mass is 717 g/mol. The van der Waals surface area contributed by atoms with Crippen LogP contribution in [0.4, 0.5) is 0 Å². The SMILES string of the molecule is CCCN1C2=C(C(=O)CC(C)(C)C2)C(c2cc(Br)c(OS(=O)(=O)c3ccc(C)cc3)c(Br)c2)C2=C1CC(C)(C)CC2=O. The molecule has 0 amide bonds. The topological polar surface area (TPSA) is 80.8 Å². The van der Waals surface area contributed by atoms with Crippen molar-refractivity contribution in [1.82, 2.24) is 4.90 Å². The van der Waals surface area contributed by atoms with Gasteiger partial charge in [-0.15, -0.1) is 0 Å². The average Bonchev–Trinajstić information content (AvgIpc) is 2.86. The maximum atomic E-state index is 13.9. The van der Waals surface area contributed by atoms with E-state index in [4.69, 9.17) is 4.18 Å². The largest absolute Gasteiger partial charge is 0.377 e. The fraction of sp³-hybridized carbons (Fsp3) is 0.455. The molecule has 0 aromatic heterocycles. The fourth-order valence-electron chi connectivity index (χ4n) is 6.56. The molecule has 42 heavy (non-hydrogen) atoms. The second-order valence-electron chi connectivity index (χ2n) is 13.4. The van der Waals surface area contributed by atoms with Gasteiger partial charge in [-0.3, -0.25) is 9.59 Å². The Bertz CT molecular complexity index is 1570. The van der Waals surface area contributed by atoms with E-state index in [1.807, 2.05) is 6.92 Å². The van der Waals surface area contributed by atoms with Crippen LogP contribution in [0.25, 0.3) is 0 Å². The zero-order chi connectivity index (χ0) is 30.8. The molecule has 0 spiro atoms. The van der Waals surface area contributed by atoms with Gasteiger partial charge in [0.15, 0.2) is 17.3 Å². The van der Waals surface area contributed by atoms with Crippen molar-refractivity contribution >= 4 is 53.5 Å². The third-order valence-corrected chi connectivity index (χ3v) is 10.7. The quantitative estimate of drug-likeness (QED) is 0.279. The Balaban J connectivity index is 1.66. The van der Waals surface area contributed by atoms with E-state index in [0.29, 0.717) is 32.9 Å². The van der Waals surface area contributed by atoms with Gasteiger partial charge in [0.1, 0.15) is 4.90 Å². The van der Waals surface area contributed by atoms with Crippen LogP contribution in [-0.2, 0) is 19.7 Å². The van der Waals surface area contributed by atoms with Crippen LogP contribution in [0.1, 0.15) is 83.8 Å². The van der Waals surface area contributed by atoms with Crippen molar-refractivity contribution in [3.63, 3.8) is 0 Å². The molecule has 224 valence electrons. The Labute approximate surface area is 266 Å². The Hall–Kier alpha value is -2.23. The molecular formula is C33H37Br2NO5S. The van der Waals surface area contributed by atoms with Gasteiger partial charge < -0.3 is 9.08 Å². The molecule has 0 N–H and O–H groups in total. The summed E-state index contributed by atoms with van der Waals surface area (Å²) in [5, 5.41) is 0. The van der Waals surface area contributed by atoms with E-state index in [-0.39, 0.29) is 33.0 Å². The zero-order valence-corrected chi connectivity index (χ0v) is 28.9. The maximum absolute atomic E-state index is 13.9. The Kier molecular flexibility index (Phi) is 8.20. The molecule has 0 unspecified atom stereocenters. The summed E-state index contributed by atoms with van der Waals surface area (Å²) in [4.78, 5) is 30.2. The molecule has 2 aliphatic carbocycles. The highest BCUT2D eigenvalue weighted by Gasteiger charge is 2.49. The number of aryl methyl sites for hydroxylation is 1. The molecular weight excluding hydrogens is 682 g/mol. The molecule has 5 rings (SSSR count). The lowest BCUT2D eigenvalue weighted by Crippen LogP contribution is -2.44. The number of hydrogen-bond acceptors (Lipinski definition) is 6. The minimum atomic E-state index is -4.10. The van der Waals surface area contributed by atoms with Gasteiger partial charge in [-0.2, -0.15) is 8.42 Å². The lowest BCUT2D eigenvalue weighted by Gasteiger charge is -2.49. The van der Waals surface area contributed by atoms with Gasteiger partial charge in [-0.05, 0) is 98.7 Å². The van der Waals surface area contributed by atoms with Gasteiger partial charge >= 0.3 is 10.1 Å². The van der Waals surface area contributed by atoms with Crippen LogP contribution in [0.15, 0.2) is 72.8 Å². The normalized spacial score (nSPS) is 20.5. The summed E-state index contributed by atoms with van der Waals surface area (Å²) in [6.45, 7) is 13.3. The first-order valence-corrected chi connectivity index (χ1v) is 17.3. The molecule has 2 aromatic carbocycles. The fourth-order valence-corrected chi connectivity index (χ4v) is 9.13. The van der Waals surface area contributed by atoms with Crippen molar-refractivity contribution in [2.24, 2.45) is 10.8 Å². The second-order valence-corrected chi connectivity index (χ2v) is 16.6. The van der Waals surface area contributed by atoms with Crippen molar-refractivity contribution < 1.29 is 22.2 Å². The van der Waals surface area contributed by atoms with E-state index in [1.165, 1.54) is 12.1 Å². The number of rotatable bonds is 6. The van der Waals surface area contributed by atoms with Crippen molar-refractivity contribution in [1.29, 1.82) is 0 Å². The summed E-state index contributed by atoms with van der Waals surface area (Å²) in [7, 11) is -4.10. The lowest BCUT2D eigenvalue weighted by molar-refractivity contribution is -0.119. The molecule has 0 fully saturated rings. The van der Waals surface area contributed by atoms with Crippen LogP contribution >= 0.6 is 31.9 Å². The second kappa shape index (κ2) is 11.0. The summed E-state index contributed by atoms with van der Waals surface area (Å²) in [6, 6.07) is 10.0. The highest BCUT2D eigenvalue weighted by atomic mass is 79.9. The van der Waals surface area contributed by atoms with Crippen LogP contribution in [0.2, 0.25) is 0 Å². The summed E-state index contributed by atoms with van der Waals surface area (Å²) >= 11 is 7.10. The first-order chi connectivity index (χ1) is 19.5. The standard InChI is InChI=1S/C33H37Br2NO5S/c1-7-12-36-24-15-32(3,4)17-26(37)29(24)28(30-25(36)16-33(5,6)18-27(30)38)20-13-22(34)31(23(35)14-20)41-42(39,40)21-10-8-19(2)9-11-21/h8-11,13-14,28H,7,12,15-18H2,1-6H3. The third kappa shape index (κ3) is 5.81. The molecule has 2 aromatic rings. The minimum absolute atomic E-state index is 0.0506. The minimum Gasteiger partial charge on any atom is -0.377 e. The number of carbonyl (C=O) groups is 2. The first-order valence-electron chi connectivity index (χ1n) is 14.3. The van der Waals surface area contributed by atoms with Crippen molar-refractivity contribution in [3.05, 3.63) is 79.0 Å². The highest BCUT2D eigenvalue weighted by molar-refractivity contribution is 9.11. The third-order valence-electron chi connectivity index (χ3n) is 8.33. The summed E-state index contributed by atoms with van der Waals surface area (Å²) in [5.74, 6) is -0.305. The van der Waals surface area contributed by atoms with Crippen LogP contribution in [-0.4, -0.2) is 31.4 Å². The van der Waals surface area contributed by atoms with Crippen LogP contribution in [0, 0.1) is 17.8 Å². The van der Waals surface area contributed by atoms with Gasteiger partial charge in [0.2, 0.25) is 0 Å². The number of nitrogens with zero attached hydrogens (tertiary/aromatic N) is 1.